The predicted octanol–water partition coefficient (Wildman–Crippen LogP) is -2.24. The van der Waals surface area contributed by atoms with Gasteiger partial charge in [-0.3, -0.25) is 24.0 Å². The Balaban J connectivity index is 2.23. The maximum atomic E-state index is 13.2. The molecular weight excluding hydrogens is 500 g/mol. The lowest BCUT2D eigenvalue weighted by Crippen LogP contribution is -2.57. The van der Waals surface area contributed by atoms with E-state index in [4.69, 9.17) is 11.5 Å². The van der Waals surface area contributed by atoms with Gasteiger partial charge in [-0.15, -0.1) is 0 Å². The molecule has 1 aliphatic rings. The first-order chi connectivity index (χ1) is 18.0. The smallest absolute Gasteiger partial charge is 0.326 e. The average Bonchev–Trinajstić information content (AvgIpc) is 3.39. The number of hydrogen-bond donors (Lipinski definition) is 8. The van der Waals surface area contributed by atoms with E-state index < -0.39 is 59.7 Å². The summed E-state index contributed by atoms with van der Waals surface area (Å²) in [6, 6.07) is 1.33. The Kier molecular flexibility index (Phi) is 11.5. The molecule has 5 amide bonds. The number of benzene rings is 1. The van der Waals surface area contributed by atoms with Crippen LogP contribution in [-0.4, -0.2) is 76.4 Å². The van der Waals surface area contributed by atoms with Crippen molar-refractivity contribution in [3.8, 4) is 5.75 Å². The monoisotopic (exact) mass is 534 g/mol. The van der Waals surface area contributed by atoms with Gasteiger partial charge < -0.3 is 42.9 Å². The van der Waals surface area contributed by atoms with Gasteiger partial charge >= 0.3 is 5.97 Å². The minimum atomic E-state index is -1.45. The molecular formula is C24H34N6O8. The van der Waals surface area contributed by atoms with E-state index in [2.05, 4.69) is 21.3 Å². The first kappa shape index (κ1) is 30.0. The molecule has 1 aromatic rings. The summed E-state index contributed by atoms with van der Waals surface area (Å²) in [4.78, 5) is 73.0. The number of carboxylic acid groups (broad SMARTS) is 1. The molecule has 4 unspecified atom stereocenters. The molecule has 1 fully saturated rings. The van der Waals surface area contributed by atoms with E-state index in [0.717, 1.165) is 6.42 Å². The van der Waals surface area contributed by atoms with Crippen molar-refractivity contribution < 1.29 is 39.0 Å². The summed E-state index contributed by atoms with van der Waals surface area (Å²) >= 11 is 0. The van der Waals surface area contributed by atoms with Gasteiger partial charge in [0.15, 0.2) is 0 Å². The van der Waals surface area contributed by atoms with Crippen molar-refractivity contribution in [1.82, 2.24) is 21.3 Å². The molecule has 0 aromatic heterocycles. The van der Waals surface area contributed by atoms with Gasteiger partial charge in [0.2, 0.25) is 29.5 Å². The molecule has 1 aromatic carbocycles. The molecule has 10 N–H and O–H groups in total. The molecule has 1 saturated heterocycles. The summed E-state index contributed by atoms with van der Waals surface area (Å²) in [6.45, 7) is 0.644. The molecule has 1 heterocycles. The van der Waals surface area contributed by atoms with Gasteiger partial charge in [0, 0.05) is 19.3 Å². The Morgan fingerprint density at radius 3 is 1.95 bits per heavy atom. The second kappa shape index (κ2) is 14.5. The highest BCUT2D eigenvalue weighted by molar-refractivity contribution is 5.94. The summed E-state index contributed by atoms with van der Waals surface area (Å²) in [6.07, 6.45) is 0.379. The largest absolute Gasteiger partial charge is 0.508 e. The molecule has 38 heavy (non-hydrogen) atoms. The number of carbonyl (C=O) groups is 6. The van der Waals surface area contributed by atoms with Gasteiger partial charge in [-0.05, 0) is 49.9 Å². The van der Waals surface area contributed by atoms with Crippen LogP contribution in [0.15, 0.2) is 24.3 Å². The molecule has 4 atom stereocenters. The lowest BCUT2D eigenvalue weighted by molar-refractivity contribution is -0.142. The Morgan fingerprint density at radius 2 is 1.42 bits per heavy atom. The molecule has 2 rings (SSSR count). The molecule has 0 bridgehead atoms. The minimum absolute atomic E-state index is 0.0223. The number of nitrogens with one attached hydrogen (secondary N) is 4. The number of aliphatic carboxylic acids is 1. The van der Waals surface area contributed by atoms with Crippen molar-refractivity contribution in [3.05, 3.63) is 29.8 Å². The molecule has 0 spiro atoms. The highest BCUT2D eigenvalue weighted by atomic mass is 16.4. The summed E-state index contributed by atoms with van der Waals surface area (Å²) in [5.41, 5.74) is 10.8. The maximum Gasteiger partial charge on any atom is 0.326 e. The van der Waals surface area contributed by atoms with Crippen LogP contribution in [0.5, 0.6) is 5.75 Å². The maximum absolute atomic E-state index is 13.2. The van der Waals surface area contributed by atoms with Gasteiger partial charge in [-0.1, -0.05) is 12.1 Å². The van der Waals surface area contributed by atoms with E-state index in [-0.39, 0.29) is 37.9 Å². The Labute approximate surface area is 218 Å². The zero-order chi connectivity index (χ0) is 28.2. The third kappa shape index (κ3) is 10.0. The predicted molar refractivity (Wildman–Crippen MR) is 133 cm³/mol. The molecule has 208 valence electrons. The highest BCUT2D eigenvalue weighted by Gasteiger charge is 2.32. The van der Waals surface area contributed by atoms with Crippen LogP contribution < -0.4 is 32.7 Å². The number of aromatic hydroxyl groups is 1. The van der Waals surface area contributed by atoms with E-state index >= 15 is 0 Å². The Morgan fingerprint density at radius 1 is 0.868 bits per heavy atom. The minimum Gasteiger partial charge on any atom is -0.508 e. The van der Waals surface area contributed by atoms with E-state index in [1.165, 1.54) is 24.3 Å². The SMILES string of the molecule is NC(=O)CCC(NC(=O)C(Cc1ccc(O)cc1)NC(=O)C(CCC(N)=O)NC(=O)C1CCCN1)C(=O)O. The molecule has 14 heteroatoms. The Bertz CT molecular complexity index is 1030. The van der Waals surface area contributed by atoms with Crippen molar-refractivity contribution in [3.63, 3.8) is 0 Å². The lowest BCUT2D eigenvalue weighted by Gasteiger charge is -2.25. The standard InChI is InChI=1S/C24H34N6O8/c25-19(32)9-7-16(28-21(34)15-2-1-11-27-15)22(35)30-18(12-13-3-5-14(31)6-4-13)23(36)29-17(24(37)38)8-10-20(26)33/h3-6,15-18,27,31H,1-2,7-12H2,(H2,25,32)(H2,26,33)(H,28,34)(H,29,36)(H,30,35)(H,37,38). The number of phenols is 1. The zero-order valence-corrected chi connectivity index (χ0v) is 20.8. The van der Waals surface area contributed by atoms with Gasteiger partial charge in [-0.2, -0.15) is 0 Å². The number of nitrogens with two attached hydrogens (primary N) is 2. The topological polar surface area (TPSA) is 243 Å². The van der Waals surface area contributed by atoms with Crippen LogP contribution in [0.1, 0.15) is 44.1 Å². The summed E-state index contributed by atoms with van der Waals surface area (Å²) in [5.74, 6) is -4.93. The van der Waals surface area contributed by atoms with E-state index in [0.29, 0.717) is 18.5 Å². The second-order valence-electron chi connectivity index (χ2n) is 9.05. The summed E-state index contributed by atoms with van der Waals surface area (Å²) < 4.78 is 0. The second-order valence-corrected chi connectivity index (χ2v) is 9.05. The van der Waals surface area contributed by atoms with Crippen molar-refractivity contribution in [1.29, 1.82) is 0 Å². The molecule has 0 radical (unpaired) electrons. The fourth-order valence-corrected chi connectivity index (χ4v) is 3.90. The number of hydrogen-bond acceptors (Lipinski definition) is 8. The van der Waals surface area contributed by atoms with E-state index in [1.54, 1.807) is 0 Å². The average molecular weight is 535 g/mol. The number of carboxylic acids is 1. The van der Waals surface area contributed by atoms with Gasteiger partial charge in [0.1, 0.15) is 23.9 Å². The van der Waals surface area contributed by atoms with Crippen LogP contribution >= 0.6 is 0 Å². The number of rotatable bonds is 15. The van der Waals surface area contributed by atoms with Crippen molar-refractivity contribution in [2.75, 3.05) is 6.54 Å². The number of phenolic OH excluding ortho intramolecular Hbond substituents is 1. The highest BCUT2D eigenvalue weighted by Crippen LogP contribution is 2.13. The summed E-state index contributed by atoms with van der Waals surface area (Å²) in [7, 11) is 0. The zero-order valence-electron chi connectivity index (χ0n) is 20.8. The molecule has 0 saturated carbocycles. The van der Waals surface area contributed by atoms with Gasteiger partial charge in [0.25, 0.3) is 0 Å². The van der Waals surface area contributed by atoms with Gasteiger partial charge in [-0.25, -0.2) is 4.79 Å². The first-order valence-electron chi connectivity index (χ1n) is 12.2. The van der Waals surface area contributed by atoms with E-state index in [9.17, 15) is 39.0 Å². The third-order valence-electron chi connectivity index (χ3n) is 5.99. The Hall–Kier alpha value is -4.20. The normalized spacial score (nSPS) is 17.0. The quantitative estimate of drug-likeness (QED) is 0.121. The van der Waals surface area contributed by atoms with Crippen LogP contribution in [0.25, 0.3) is 0 Å². The fraction of sp³-hybridized carbons (Fsp3) is 0.500. The van der Waals surface area contributed by atoms with Gasteiger partial charge in [0.05, 0.1) is 6.04 Å². The first-order valence-corrected chi connectivity index (χ1v) is 12.2. The van der Waals surface area contributed by atoms with Crippen LogP contribution in [0.2, 0.25) is 0 Å². The summed E-state index contributed by atoms with van der Waals surface area (Å²) in [5, 5.41) is 29.4. The third-order valence-corrected chi connectivity index (χ3v) is 5.99. The number of carbonyl (C=O) groups excluding carboxylic acids is 5. The van der Waals surface area contributed by atoms with Crippen molar-refractivity contribution >= 4 is 35.5 Å². The number of primary amides is 2. The van der Waals surface area contributed by atoms with Crippen molar-refractivity contribution in [2.45, 2.75) is 69.1 Å². The van der Waals surface area contributed by atoms with Crippen LogP contribution in [0.3, 0.4) is 0 Å². The number of amides is 5. The molecule has 0 aliphatic carbocycles. The van der Waals surface area contributed by atoms with Crippen molar-refractivity contribution in [2.24, 2.45) is 11.5 Å². The lowest BCUT2D eigenvalue weighted by atomic mass is 10.0. The van der Waals surface area contributed by atoms with E-state index in [1.807, 2.05) is 0 Å². The molecule has 1 aliphatic heterocycles. The fourth-order valence-electron chi connectivity index (χ4n) is 3.90. The van der Waals surface area contributed by atoms with Crippen LogP contribution in [0, 0.1) is 0 Å². The van der Waals surface area contributed by atoms with Crippen LogP contribution in [-0.2, 0) is 35.2 Å². The molecule has 14 nitrogen and oxygen atoms in total. The van der Waals surface area contributed by atoms with Crippen LogP contribution in [0.4, 0.5) is 0 Å².